The van der Waals surface area contributed by atoms with Crippen LogP contribution in [0.3, 0.4) is 0 Å². The Labute approximate surface area is 111 Å². The average molecular weight is 253 g/mol. The molecule has 0 aromatic rings. The van der Waals surface area contributed by atoms with Gasteiger partial charge in [0.25, 0.3) is 0 Å². The predicted molar refractivity (Wildman–Crippen MR) is 72.4 cm³/mol. The Kier molecular flexibility index (Phi) is 4.31. The molecule has 2 aliphatic rings. The van der Waals surface area contributed by atoms with Crippen LogP contribution >= 0.6 is 0 Å². The van der Waals surface area contributed by atoms with Crippen LogP contribution < -0.4 is 0 Å². The van der Waals surface area contributed by atoms with E-state index in [1.807, 2.05) is 13.8 Å². The maximum absolute atomic E-state index is 12.3. The van der Waals surface area contributed by atoms with Crippen molar-refractivity contribution in [2.75, 3.05) is 0 Å². The largest absolute Gasteiger partial charge is 0.462 e. The van der Waals surface area contributed by atoms with E-state index in [2.05, 4.69) is 18.7 Å². The van der Waals surface area contributed by atoms with Gasteiger partial charge in [-0.3, -0.25) is 9.69 Å². The van der Waals surface area contributed by atoms with Crippen molar-refractivity contribution in [3.63, 3.8) is 0 Å². The molecule has 0 bridgehead atoms. The summed E-state index contributed by atoms with van der Waals surface area (Å²) in [7, 11) is 0. The van der Waals surface area contributed by atoms with Gasteiger partial charge in [0.2, 0.25) is 0 Å². The van der Waals surface area contributed by atoms with Crippen molar-refractivity contribution in [3.8, 4) is 0 Å². The molecule has 3 nitrogen and oxygen atoms in total. The Morgan fingerprint density at radius 3 is 1.94 bits per heavy atom. The monoisotopic (exact) mass is 253 g/mol. The summed E-state index contributed by atoms with van der Waals surface area (Å²) in [4.78, 5) is 14.8. The maximum atomic E-state index is 12.3. The van der Waals surface area contributed by atoms with Crippen LogP contribution in [0.15, 0.2) is 0 Å². The Hall–Kier alpha value is -0.570. The SMILES string of the molecule is CC(C)OC(=O)C(C(C)C)N(C1CCC1)C1CC1. The van der Waals surface area contributed by atoms with E-state index in [9.17, 15) is 4.79 Å². The van der Waals surface area contributed by atoms with Gasteiger partial charge in [-0.25, -0.2) is 0 Å². The smallest absolute Gasteiger partial charge is 0.323 e. The summed E-state index contributed by atoms with van der Waals surface area (Å²) < 4.78 is 5.47. The molecular weight excluding hydrogens is 226 g/mol. The second-order valence-corrected chi connectivity index (χ2v) is 6.44. The molecule has 0 aliphatic heterocycles. The number of carbonyl (C=O) groups is 1. The molecule has 3 heteroatoms. The average Bonchev–Trinajstić information content (AvgIpc) is 2.94. The molecule has 2 fully saturated rings. The van der Waals surface area contributed by atoms with Crippen molar-refractivity contribution in [1.82, 2.24) is 4.90 Å². The van der Waals surface area contributed by atoms with E-state index >= 15 is 0 Å². The lowest BCUT2D eigenvalue weighted by Gasteiger charge is -2.43. The van der Waals surface area contributed by atoms with Crippen LogP contribution in [0.2, 0.25) is 0 Å². The van der Waals surface area contributed by atoms with Crippen LogP contribution in [-0.2, 0) is 9.53 Å². The van der Waals surface area contributed by atoms with Crippen LogP contribution in [0.25, 0.3) is 0 Å². The molecule has 0 aromatic carbocycles. The molecule has 104 valence electrons. The molecule has 2 aliphatic carbocycles. The van der Waals surface area contributed by atoms with Gasteiger partial charge in [0.1, 0.15) is 6.04 Å². The second kappa shape index (κ2) is 5.60. The van der Waals surface area contributed by atoms with E-state index in [0.717, 1.165) is 0 Å². The minimum Gasteiger partial charge on any atom is -0.462 e. The molecule has 1 atom stereocenters. The number of esters is 1. The lowest BCUT2D eigenvalue weighted by molar-refractivity contribution is -0.158. The number of carbonyl (C=O) groups excluding carboxylic acids is 1. The van der Waals surface area contributed by atoms with Crippen LogP contribution in [0.1, 0.15) is 59.8 Å². The molecule has 0 N–H and O–H groups in total. The van der Waals surface area contributed by atoms with Gasteiger partial charge >= 0.3 is 5.97 Å². The topological polar surface area (TPSA) is 29.5 Å². The first-order valence-electron chi connectivity index (χ1n) is 7.48. The second-order valence-electron chi connectivity index (χ2n) is 6.44. The van der Waals surface area contributed by atoms with Crippen LogP contribution in [0.4, 0.5) is 0 Å². The third kappa shape index (κ3) is 3.05. The molecule has 0 amide bonds. The minimum absolute atomic E-state index is 0.0128. The molecule has 0 heterocycles. The highest BCUT2D eigenvalue weighted by Gasteiger charge is 2.44. The summed E-state index contributed by atoms with van der Waals surface area (Å²) in [6.45, 7) is 8.14. The van der Waals surface area contributed by atoms with Gasteiger partial charge in [0.15, 0.2) is 0 Å². The van der Waals surface area contributed by atoms with E-state index in [4.69, 9.17) is 4.74 Å². The molecule has 0 saturated heterocycles. The summed E-state index contributed by atoms with van der Waals surface area (Å²) in [5, 5.41) is 0. The van der Waals surface area contributed by atoms with Crippen molar-refractivity contribution < 1.29 is 9.53 Å². The van der Waals surface area contributed by atoms with Gasteiger partial charge in [-0.05, 0) is 45.4 Å². The quantitative estimate of drug-likeness (QED) is 0.682. The van der Waals surface area contributed by atoms with Crippen LogP contribution in [0, 0.1) is 5.92 Å². The number of hydrogen-bond donors (Lipinski definition) is 0. The fourth-order valence-electron chi connectivity index (χ4n) is 2.85. The Balaban J connectivity index is 2.08. The predicted octanol–water partition coefficient (Wildman–Crippen LogP) is 2.98. The van der Waals surface area contributed by atoms with Crippen molar-refractivity contribution in [3.05, 3.63) is 0 Å². The van der Waals surface area contributed by atoms with E-state index in [0.29, 0.717) is 18.0 Å². The minimum atomic E-state index is -0.0369. The van der Waals surface area contributed by atoms with Gasteiger partial charge in [-0.1, -0.05) is 20.3 Å². The maximum Gasteiger partial charge on any atom is 0.323 e. The van der Waals surface area contributed by atoms with E-state index in [-0.39, 0.29) is 18.1 Å². The zero-order valence-corrected chi connectivity index (χ0v) is 12.2. The van der Waals surface area contributed by atoms with Crippen molar-refractivity contribution >= 4 is 5.97 Å². The lowest BCUT2D eigenvalue weighted by Crippen LogP contribution is -2.54. The van der Waals surface area contributed by atoms with E-state index < -0.39 is 0 Å². The third-order valence-electron chi connectivity index (χ3n) is 4.01. The molecule has 1 unspecified atom stereocenters. The number of rotatable bonds is 6. The summed E-state index contributed by atoms with van der Waals surface area (Å²) >= 11 is 0. The number of nitrogens with zero attached hydrogens (tertiary/aromatic N) is 1. The molecule has 2 rings (SSSR count). The first-order valence-corrected chi connectivity index (χ1v) is 7.48. The van der Waals surface area contributed by atoms with Crippen molar-refractivity contribution in [1.29, 1.82) is 0 Å². The van der Waals surface area contributed by atoms with Gasteiger partial charge in [0.05, 0.1) is 6.10 Å². The molecular formula is C15H27NO2. The first-order chi connectivity index (χ1) is 8.50. The van der Waals surface area contributed by atoms with Gasteiger partial charge in [-0.15, -0.1) is 0 Å². The summed E-state index contributed by atoms with van der Waals surface area (Å²) in [5.74, 6) is 0.316. The molecule has 0 spiro atoms. The third-order valence-corrected chi connectivity index (χ3v) is 4.01. The summed E-state index contributed by atoms with van der Waals surface area (Å²) in [6, 6.07) is 1.23. The van der Waals surface area contributed by atoms with Gasteiger partial charge in [0, 0.05) is 12.1 Å². The fraction of sp³-hybridized carbons (Fsp3) is 0.933. The molecule has 0 radical (unpaired) electrons. The Bertz CT molecular complexity index is 293. The van der Waals surface area contributed by atoms with Gasteiger partial charge < -0.3 is 4.74 Å². The summed E-state index contributed by atoms with van der Waals surface area (Å²) in [5.41, 5.74) is 0. The highest BCUT2D eigenvalue weighted by molar-refractivity contribution is 5.76. The summed E-state index contributed by atoms with van der Waals surface area (Å²) in [6.07, 6.45) is 6.34. The molecule has 0 aromatic heterocycles. The van der Waals surface area contributed by atoms with Crippen LogP contribution in [-0.4, -0.2) is 35.1 Å². The normalized spacial score (nSPS) is 22.4. The first kappa shape index (κ1) is 13.9. The van der Waals surface area contributed by atoms with Gasteiger partial charge in [-0.2, -0.15) is 0 Å². The van der Waals surface area contributed by atoms with E-state index in [1.54, 1.807) is 0 Å². The zero-order valence-electron chi connectivity index (χ0n) is 12.2. The molecule has 2 saturated carbocycles. The number of hydrogen-bond acceptors (Lipinski definition) is 3. The van der Waals surface area contributed by atoms with Crippen molar-refractivity contribution in [2.24, 2.45) is 5.92 Å². The zero-order chi connectivity index (χ0) is 13.3. The number of ether oxygens (including phenoxy) is 1. The highest BCUT2D eigenvalue weighted by Crippen LogP contribution is 2.38. The Morgan fingerprint density at radius 2 is 1.61 bits per heavy atom. The fourth-order valence-corrected chi connectivity index (χ4v) is 2.85. The van der Waals surface area contributed by atoms with Crippen molar-refractivity contribution in [2.45, 2.75) is 84.0 Å². The standard InChI is InChI=1S/C15H27NO2/c1-10(2)14(15(17)18-11(3)4)16(13-8-9-13)12-6-5-7-12/h10-14H,5-9H2,1-4H3. The van der Waals surface area contributed by atoms with E-state index in [1.165, 1.54) is 32.1 Å². The Morgan fingerprint density at radius 1 is 1.06 bits per heavy atom. The van der Waals surface area contributed by atoms with Crippen LogP contribution in [0.5, 0.6) is 0 Å². The molecule has 18 heavy (non-hydrogen) atoms. The highest BCUT2D eigenvalue weighted by atomic mass is 16.5. The lowest BCUT2D eigenvalue weighted by atomic mass is 9.88.